The molecule has 0 rings (SSSR count). The molecule has 0 bridgehead atoms. The normalized spacial score (nSPS) is 13.0. The number of carboxylic acids is 1. The van der Waals surface area contributed by atoms with Crippen LogP contribution >= 0.6 is 0 Å². The van der Waals surface area contributed by atoms with Gasteiger partial charge >= 0.3 is 17.9 Å². The SMILES string of the molecule is CCCCCCCCCCC/C=C/CCCCCCCC(=O)OCC(COCCC(C(=O)O)[N+](C)(C)C)OC(=O)CCCCCCCCCCCCCCC. The molecule has 0 aromatic rings. The highest BCUT2D eigenvalue weighted by molar-refractivity contribution is 5.72. The monoisotopic (exact) mass is 781 g/mol. The number of ether oxygens (including phenoxy) is 3. The number of carbonyl (C=O) groups excluding carboxylic acids is 2. The van der Waals surface area contributed by atoms with Crippen molar-refractivity contribution < 1.29 is 38.2 Å². The van der Waals surface area contributed by atoms with Gasteiger partial charge in [0.25, 0.3) is 0 Å². The molecule has 0 aliphatic heterocycles. The first-order chi connectivity index (χ1) is 26.6. The van der Waals surface area contributed by atoms with E-state index in [0.29, 0.717) is 19.3 Å². The Kier molecular flexibility index (Phi) is 37.6. The minimum absolute atomic E-state index is 0.0494. The minimum atomic E-state index is -0.873. The van der Waals surface area contributed by atoms with Crippen LogP contribution in [0.25, 0.3) is 0 Å². The van der Waals surface area contributed by atoms with Gasteiger partial charge in [-0.2, -0.15) is 0 Å². The summed E-state index contributed by atoms with van der Waals surface area (Å²) in [5.74, 6) is -1.46. The summed E-state index contributed by atoms with van der Waals surface area (Å²) in [5, 5.41) is 9.62. The molecule has 324 valence electrons. The minimum Gasteiger partial charge on any atom is -0.477 e. The smallest absolute Gasteiger partial charge is 0.362 e. The molecule has 2 unspecified atom stereocenters. The lowest BCUT2D eigenvalue weighted by molar-refractivity contribution is -0.887. The second-order valence-electron chi connectivity index (χ2n) is 17.0. The van der Waals surface area contributed by atoms with Crippen LogP contribution in [0.1, 0.15) is 219 Å². The van der Waals surface area contributed by atoms with E-state index < -0.39 is 18.1 Å². The van der Waals surface area contributed by atoms with Gasteiger partial charge in [-0.15, -0.1) is 0 Å². The Morgan fingerprint density at radius 2 is 0.909 bits per heavy atom. The third kappa shape index (κ3) is 37.4. The first kappa shape index (κ1) is 53.1. The van der Waals surface area contributed by atoms with Crippen LogP contribution in [0.15, 0.2) is 12.2 Å². The van der Waals surface area contributed by atoms with Crippen LogP contribution in [-0.4, -0.2) is 80.6 Å². The van der Waals surface area contributed by atoms with Crippen LogP contribution in [0.4, 0.5) is 0 Å². The second-order valence-corrected chi connectivity index (χ2v) is 17.0. The zero-order valence-corrected chi connectivity index (χ0v) is 36.9. The van der Waals surface area contributed by atoms with Gasteiger partial charge in [-0.3, -0.25) is 9.59 Å². The van der Waals surface area contributed by atoms with Gasteiger partial charge in [0.05, 0.1) is 34.4 Å². The van der Waals surface area contributed by atoms with Gasteiger partial charge in [-0.1, -0.05) is 174 Å². The summed E-state index contributed by atoms with van der Waals surface area (Å²) in [7, 11) is 5.53. The zero-order chi connectivity index (χ0) is 40.7. The highest BCUT2D eigenvalue weighted by Crippen LogP contribution is 2.15. The Hall–Kier alpha value is -1.93. The van der Waals surface area contributed by atoms with Crippen molar-refractivity contribution in [3.8, 4) is 0 Å². The topological polar surface area (TPSA) is 99.1 Å². The molecule has 2 atom stereocenters. The lowest BCUT2D eigenvalue weighted by atomic mass is 10.0. The number of aliphatic carboxylic acids is 1. The number of likely N-dealkylation sites (N-methyl/N-ethyl adjacent to an activating group) is 1. The second kappa shape index (κ2) is 38.9. The number of allylic oxidation sites excluding steroid dienone is 2. The van der Waals surface area contributed by atoms with Crippen LogP contribution < -0.4 is 0 Å². The predicted octanol–water partition coefficient (Wildman–Crippen LogP) is 12.7. The van der Waals surface area contributed by atoms with Crippen molar-refractivity contribution in [1.82, 2.24) is 0 Å². The molecule has 8 heteroatoms. The highest BCUT2D eigenvalue weighted by atomic mass is 16.6. The van der Waals surface area contributed by atoms with Crippen molar-refractivity contribution in [3.05, 3.63) is 12.2 Å². The molecule has 0 saturated heterocycles. The molecule has 0 amide bonds. The van der Waals surface area contributed by atoms with Crippen LogP contribution in [0.5, 0.6) is 0 Å². The maximum absolute atomic E-state index is 12.7. The van der Waals surface area contributed by atoms with Crippen molar-refractivity contribution in [1.29, 1.82) is 0 Å². The van der Waals surface area contributed by atoms with Crippen molar-refractivity contribution in [3.63, 3.8) is 0 Å². The molecule has 0 fully saturated rings. The third-order valence-electron chi connectivity index (χ3n) is 10.7. The molecule has 55 heavy (non-hydrogen) atoms. The summed E-state index contributed by atoms with van der Waals surface area (Å²) in [6, 6.07) is -0.611. The maximum atomic E-state index is 12.7. The molecule has 0 aromatic carbocycles. The van der Waals surface area contributed by atoms with Crippen molar-refractivity contribution in [2.75, 3.05) is 41.0 Å². The number of hydrogen-bond donors (Lipinski definition) is 1. The highest BCUT2D eigenvalue weighted by Gasteiger charge is 2.31. The summed E-state index contributed by atoms with van der Waals surface area (Å²) in [6.45, 7) is 4.75. The van der Waals surface area contributed by atoms with Gasteiger partial charge < -0.3 is 23.8 Å². The van der Waals surface area contributed by atoms with Gasteiger partial charge in [-0.25, -0.2) is 4.79 Å². The molecule has 0 radical (unpaired) electrons. The lowest BCUT2D eigenvalue weighted by Gasteiger charge is -2.31. The van der Waals surface area contributed by atoms with E-state index >= 15 is 0 Å². The molecule has 1 N–H and O–H groups in total. The first-order valence-electron chi connectivity index (χ1n) is 23.2. The van der Waals surface area contributed by atoms with E-state index in [-0.39, 0.29) is 36.2 Å². The molecule has 0 heterocycles. The molecular formula is C47H90NO7+. The van der Waals surface area contributed by atoms with E-state index in [1.54, 1.807) is 0 Å². The fourth-order valence-corrected chi connectivity index (χ4v) is 7.03. The van der Waals surface area contributed by atoms with E-state index in [0.717, 1.165) is 44.9 Å². The Bertz CT molecular complexity index is 915. The van der Waals surface area contributed by atoms with Crippen LogP contribution in [0.3, 0.4) is 0 Å². The van der Waals surface area contributed by atoms with E-state index in [1.807, 2.05) is 21.1 Å². The summed E-state index contributed by atoms with van der Waals surface area (Å²) in [4.78, 5) is 37.0. The van der Waals surface area contributed by atoms with E-state index in [2.05, 4.69) is 26.0 Å². The number of esters is 2. The molecule has 8 nitrogen and oxygen atoms in total. The van der Waals surface area contributed by atoms with Crippen LogP contribution in [-0.2, 0) is 28.6 Å². The summed E-state index contributed by atoms with van der Waals surface area (Å²) in [5.41, 5.74) is 0. The van der Waals surface area contributed by atoms with Gasteiger partial charge in [0, 0.05) is 19.3 Å². The van der Waals surface area contributed by atoms with E-state index in [4.69, 9.17) is 14.2 Å². The van der Waals surface area contributed by atoms with Crippen LogP contribution in [0.2, 0.25) is 0 Å². The Labute approximate surface area is 339 Å². The number of unbranched alkanes of at least 4 members (excludes halogenated alkanes) is 26. The van der Waals surface area contributed by atoms with Gasteiger partial charge in [0.1, 0.15) is 6.61 Å². The number of hydrogen-bond acceptors (Lipinski definition) is 6. The number of rotatable bonds is 42. The fourth-order valence-electron chi connectivity index (χ4n) is 7.03. The average Bonchev–Trinajstić information content (AvgIpc) is 3.14. The average molecular weight is 781 g/mol. The summed E-state index contributed by atoms with van der Waals surface area (Å²) >= 11 is 0. The Morgan fingerprint density at radius 3 is 1.31 bits per heavy atom. The summed E-state index contributed by atoms with van der Waals surface area (Å²) < 4.78 is 17.3. The van der Waals surface area contributed by atoms with Crippen molar-refractivity contribution >= 4 is 17.9 Å². The number of nitrogens with zero attached hydrogens (tertiary/aromatic N) is 1. The molecule has 0 aliphatic rings. The number of carboxylic acid groups (broad SMARTS) is 1. The largest absolute Gasteiger partial charge is 0.477 e. The van der Waals surface area contributed by atoms with Crippen molar-refractivity contribution in [2.45, 2.75) is 231 Å². The van der Waals surface area contributed by atoms with Gasteiger partial charge in [0.2, 0.25) is 0 Å². The van der Waals surface area contributed by atoms with E-state index in [9.17, 15) is 19.5 Å². The maximum Gasteiger partial charge on any atom is 0.362 e. The molecule has 0 aliphatic carbocycles. The van der Waals surface area contributed by atoms with Gasteiger partial charge in [-0.05, 0) is 38.5 Å². The first-order valence-corrected chi connectivity index (χ1v) is 23.2. The van der Waals surface area contributed by atoms with Crippen LogP contribution in [0, 0.1) is 0 Å². The predicted molar refractivity (Wildman–Crippen MR) is 229 cm³/mol. The van der Waals surface area contributed by atoms with Gasteiger partial charge in [0.15, 0.2) is 12.1 Å². The standard InChI is InChI=1S/C47H89NO7/c1-6-8-10-12-14-16-18-20-21-22-23-24-26-27-29-31-33-35-37-45(49)54-42-43(41-53-40-39-44(47(51)52)48(3,4)5)55-46(50)38-36-34-32-30-28-25-19-17-15-13-11-9-7-2/h23-24,43-44H,6-22,25-42H2,1-5H3/p+1/b24-23+. The fraction of sp³-hybridized carbons (Fsp3) is 0.894. The molecule has 0 spiro atoms. The summed E-state index contributed by atoms with van der Waals surface area (Å²) in [6.07, 6.45) is 41.1. The number of quaternary nitrogens is 1. The third-order valence-corrected chi connectivity index (χ3v) is 10.7. The molecule has 0 saturated carbocycles. The quantitative estimate of drug-likeness (QED) is 0.0285. The van der Waals surface area contributed by atoms with Crippen molar-refractivity contribution in [2.24, 2.45) is 0 Å². The zero-order valence-electron chi connectivity index (χ0n) is 36.9. The Balaban J connectivity index is 4.28. The lowest BCUT2D eigenvalue weighted by Crippen LogP contribution is -2.50. The number of carbonyl (C=O) groups is 3. The van der Waals surface area contributed by atoms with E-state index in [1.165, 1.54) is 141 Å². The molecular weight excluding hydrogens is 691 g/mol. The molecule has 0 aromatic heterocycles. The Morgan fingerprint density at radius 1 is 0.527 bits per heavy atom.